The SMILES string of the molecule is CN=C(NCc1nc(C(F)(F)F)cs1)NCC(C(C)C)N1CCc2ccccc2C1. The van der Waals surface area contributed by atoms with Crippen LogP contribution >= 0.6 is 11.3 Å². The highest BCUT2D eigenvalue weighted by Gasteiger charge is 2.33. The standard InChI is InChI=1S/C21H28F3N5S/c1-14(2)17(29-9-8-15-6-4-5-7-16(15)12-29)10-26-20(25-3)27-11-19-28-18(13-30-19)21(22,23)24/h4-7,13-14,17H,8-12H2,1-3H3,(H2,25,26,27). The van der Waals surface area contributed by atoms with Crippen molar-refractivity contribution in [3.8, 4) is 0 Å². The number of benzene rings is 1. The fourth-order valence-corrected chi connectivity index (χ4v) is 4.43. The van der Waals surface area contributed by atoms with E-state index in [0.29, 0.717) is 29.5 Å². The van der Waals surface area contributed by atoms with Crippen molar-refractivity contribution < 1.29 is 13.2 Å². The maximum Gasteiger partial charge on any atom is 0.434 e. The van der Waals surface area contributed by atoms with Crippen LogP contribution in [0.1, 0.15) is 35.7 Å². The molecule has 0 bridgehead atoms. The monoisotopic (exact) mass is 439 g/mol. The lowest BCUT2D eigenvalue weighted by atomic mass is 9.95. The van der Waals surface area contributed by atoms with Gasteiger partial charge in [-0.15, -0.1) is 11.3 Å². The number of aliphatic imine (C=N–C) groups is 1. The number of rotatable bonds is 6. The van der Waals surface area contributed by atoms with Gasteiger partial charge in [0.2, 0.25) is 0 Å². The van der Waals surface area contributed by atoms with Crippen molar-refractivity contribution in [1.82, 2.24) is 20.5 Å². The van der Waals surface area contributed by atoms with Gasteiger partial charge in [-0.2, -0.15) is 13.2 Å². The van der Waals surface area contributed by atoms with Crippen molar-refractivity contribution in [3.05, 3.63) is 51.5 Å². The van der Waals surface area contributed by atoms with E-state index in [9.17, 15) is 13.2 Å². The largest absolute Gasteiger partial charge is 0.434 e. The lowest BCUT2D eigenvalue weighted by molar-refractivity contribution is -0.140. The molecule has 0 radical (unpaired) electrons. The second-order valence-electron chi connectivity index (χ2n) is 7.73. The number of halogens is 3. The predicted molar refractivity (Wildman–Crippen MR) is 114 cm³/mol. The number of thiazole rings is 1. The molecule has 0 fully saturated rings. The van der Waals surface area contributed by atoms with Crippen LogP contribution in [-0.4, -0.2) is 42.0 Å². The Bertz CT molecular complexity index is 862. The number of hydrogen-bond donors (Lipinski definition) is 2. The molecule has 2 heterocycles. The van der Waals surface area contributed by atoms with Gasteiger partial charge in [-0.3, -0.25) is 9.89 Å². The van der Waals surface area contributed by atoms with Gasteiger partial charge in [0.25, 0.3) is 0 Å². The van der Waals surface area contributed by atoms with Crippen molar-refractivity contribution in [2.75, 3.05) is 20.1 Å². The zero-order chi connectivity index (χ0) is 21.7. The van der Waals surface area contributed by atoms with Crippen LogP contribution in [0.2, 0.25) is 0 Å². The minimum Gasteiger partial charge on any atom is -0.355 e. The molecule has 1 atom stereocenters. The molecule has 164 valence electrons. The summed E-state index contributed by atoms with van der Waals surface area (Å²) in [5.74, 6) is 0.996. The Kier molecular flexibility index (Phi) is 7.36. The van der Waals surface area contributed by atoms with E-state index < -0.39 is 11.9 Å². The molecule has 0 amide bonds. The van der Waals surface area contributed by atoms with Gasteiger partial charge in [0.05, 0.1) is 6.54 Å². The lowest BCUT2D eigenvalue weighted by Gasteiger charge is -2.38. The molecule has 1 aliphatic rings. The first-order chi connectivity index (χ1) is 14.3. The molecular weight excluding hydrogens is 411 g/mol. The Labute approximate surface area is 179 Å². The minimum atomic E-state index is -4.41. The molecule has 30 heavy (non-hydrogen) atoms. The highest BCUT2D eigenvalue weighted by atomic mass is 32.1. The number of nitrogens with zero attached hydrogens (tertiary/aromatic N) is 3. The smallest absolute Gasteiger partial charge is 0.355 e. The van der Waals surface area contributed by atoms with Crippen LogP contribution in [0.25, 0.3) is 0 Å². The Morgan fingerprint density at radius 2 is 1.97 bits per heavy atom. The molecule has 1 aliphatic heterocycles. The third-order valence-electron chi connectivity index (χ3n) is 5.35. The van der Waals surface area contributed by atoms with E-state index in [1.54, 1.807) is 7.05 Å². The van der Waals surface area contributed by atoms with Crippen molar-refractivity contribution in [2.24, 2.45) is 10.9 Å². The van der Waals surface area contributed by atoms with E-state index in [0.717, 1.165) is 36.2 Å². The summed E-state index contributed by atoms with van der Waals surface area (Å²) in [6.45, 7) is 7.24. The zero-order valence-corrected chi connectivity index (χ0v) is 18.3. The molecule has 2 N–H and O–H groups in total. The van der Waals surface area contributed by atoms with E-state index in [1.165, 1.54) is 11.1 Å². The van der Waals surface area contributed by atoms with Crippen molar-refractivity contribution in [1.29, 1.82) is 0 Å². The van der Waals surface area contributed by atoms with E-state index in [-0.39, 0.29) is 6.54 Å². The molecule has 1 aromatic heterocycles. The topological polar surface area (TPSA) is 52.6 Å². The van der Waals surface area contributed by atoms with Crippen molar-refractivity contribution in [3.63, 3.8) is 0 Å². The number of aromatic nitrogens is 1. The third-order valence-corrected chi connectivity index (χ3v) is 6.20. The van der Waals surface area contributed by atoms with Crippen LogP contribution in [0.4, 0.5) is 13.2 Å². The van der Waals surface area contributed by atoms with E-state index in [4.69, 9.17) is 0 Å². The van der Waals surface area contributed by atoms with Gasteiger partial charge in [-0.25, -0.2) is 4.98 Å². The molecule has 0 saturated carbocycles. The van der Waals surface area contributed by atoms with Crippen LogP contribution in [0.3, 0.4) is 0 Å². The molecular formula is C21H28F3N5S. The van der Waals surface area contributed by atoms with Gasteiger partial charge in [0.15, 0.2) is 11.7 Å². The lowest BCUT2D eigenvalue weighted by Crippen LogP contribution is -2.50. The summed E-state index contributed by atoms with van der Waals surface area (Å²) in [4.78, 5) is 10.3. The highest BCUT2D eigenvalue weighted by Crippen LogP contribution is 2.30. The summed E-state index contributed by atoms with van der Waals surface area (Å²) >= 11 is 0.990. The summed E-state index contributed by atoms with van der Waals surface area (Å²) in [5, 5.41) is 7.81. The summed E-state index contributed by atoms with van der Waals surface area (Å²) in [5.41, 5.74) is 1.95. The quantitative estimate of drug-likeness (QED) is 0.529. The van der Waals surface area contributed by atoms with Crippen LogP contribution in [0, 0.1) is 5.92 Å². The normalized spacial score (nSPS) is 16.4. The second kappa shape index (κ2) is 9.78. The fraction of sp³-hybridized carbons (Fsp3) is 0.524. The summed E-state index contributed by atoms with van der Waals surface area (Å²) in [6, 6.07) is 8.87. The number of nitrogens with one attached hydrogen (secondary N) is 2. The van der Waals surface area contributed by atoms with Crippen LogP contribution in [-0.2, 0) is 25.7 Å². The number of fused-ring (bicyclic) bond motifs is 1. The maximum absolute atomic E-state index is 12.7. The predicted octanol–water partition coefficient (Wildman–Crippen LogP) is 3.91. The van der Waals surface area contributed by atoms with Gasteiger partial charge in [0, 0.05) is 38.1 Å². The molecule has 5 nitrogen and oxygen atoms in total. The number of guanidine groups is 1. The van der Waals surface area contributed by atoms with Crippen LogP contribution in [0.5, 0.6) is 0 Å². The summed E-state index contributed by atoms with van der Waals surface area (Å²) in [6.07, 6.45) is -3.37. The highest BCUT2D eigenvalue weighted by molar-refractivity contribution is 7.09. The third kappa shape index (κ3) is 5.72. The Hall–Kier alpha value is -2.13. The summed E-state index contributed by atoms with van der Waals surface area (Å²) in [7, 11) is 1.65. The molecule has 2 aromatic rings. The molecule has 0 saturated heterocycles. The fourth-order valence-electron chi connectivity index (χ4n) is 3.69. The molecule has 0 spiro atoms. The maximum atomic E-state index is 12.7. The number of hydrogen-bond acceptors (Lipinski definition) is 4. The Morgan fingerprint density at radius 3 is 2.60 bits per heavy atom. The Balaban J connectivity index is 1.55. The van der Waals surface area contributed by atoms with Crippen LogP contribution < -0.4 is 10.6 Å². The van der Waals surface area contributed by atoms with E-state index in [2.05, 4.69) is 63.6 Å². The van der Waals surface area contributed by atoms with Gasteiger partial charge in [0.1, 0.15) is 5.01 Å². The molecule has 1 unspecified atom stereocenters. The Morgan fingerprint density at radius 1 is 1.23 bits per heavy atom. The number of alkyl halides is 3. The average molecular weight is 440 g/mol. The molecule has 3 rings (SSSR count). The molecule has 0 aliphatic carbocycles. The van der Waals surface area contributed by atoms with Gasteiger partial charge in [-0.05, 0) is 23.5 Å². The van der Waals surface area contributed by atoms with E-state index in [1.807, 2.05) is 0 Å². The van der Waals surface area contributed by atoms with E-state index >= 15 is 0 Å². The van der Waals surface area contributed by atoms with Crippen molar-refractivity contribution >= 4 is 17.3 Å². The first kappa shape index (κ1) is 22.6. The van der Waals surface area contributed by atoms with Gasteiger partial charge < -0.3 is 10.6 Å². The summed E-state index contributed by atoms with van der Waals surface area (Å²) < 4.78 is 38.1. The second-order valence-corrected chi connectivity index (χ2v) is 8.67. The van der Waals surface area contributed by atoms with Crippen molar-refractivity contribution in [2.45, 2.75) is 45.6 Å². The first-order valence-corrected chi connectivity index (χ1v) is 10.9. The molecule has 1 aromatic carbocycles. The first-order valence-electron chi connectivity index (χ1n) is 10.0. The average Bonchev–Trinajstić information content (AvgIpc) is 3.19. The van der Waals surface area contributed by atoms with Crippen LogP contribution in [0.15, 0.2) is 34.6 Å². The minimum absolute atomic E-state index is 0.198. The zero-order valence-electron chi connectivity index (χ0n) is 17.5. The molecule has 9 heteroatoms. The van der Waals surface area contributed by atoms with Gasteiger partial charge in [-0.1, -0.05) is 38.1 Å². The van der Waals surface area contributed by atoms with Gasteiger partial charge >= 0.3 is 6.18 Å².